The van der Waals surface area contributed by atoms with Crippen LogP contribution < -0.4 is 4.74 Å². The van der Waals surface area contributed by atoms with Crippen LogP contribution in [0, 0.1) is 6.92 Å². The summed E-state index contributed by atoms with van der Waals surface area (Å²) in [5.41, 5.74) is 1.99. The van der Waals surface area contributed by atoms with Crippen LogP contribution in [0.5, 0.6) is 5.75 Å². The number of ether oxygens (including phenoxy) is 1. The summed E-state index contributed by atoms with van der Waals surface area (Å²) in [7, 11) is 1.50. The molecule has 1 atom stereocenters. The van der Waals surface area contributed by atoms with E-state index in [0.29, 0.717) is 5.75 Å². The highest BCUT2D eigenvalue weighted by Crippen LogP contribution is 2.42. The maximum Gasteiger partial charge on any atom is 0.295 e. The van der Waals surface area contributed by atoms with E-state index >= 15 is 0 Å². The summed E-state index contributed by atoms with van der Waals surface area (Å²) in [5, 5.41) is 13.4. The number of methoxy groups -OCH3 is 1. The molecule has 1 aliphatic rings. The van der Waals surface area contributed by atoms with Crippen LogP contribution in [0.25, 0.3) is 5.76 Å². The molecule has 2 heterocycles. The molecule has 1 unspecified atom stereocenters. The number of ketones is 1. The van der Waals surface area contributed by atoms with Crippen molar-refractivity contribution >= 4 is 40.4 Å². The van der Waals surface area contributed by atoms with Crippen molar-refractivity contribution < 1.29 is 19.4 Å². The Morgan fingerprint density at radius 2 is 1.97 bits per heavy atom. The highest BCUT2D eigenvalue weighted by Gasteiger charge is 2.46. The summed E-state index contributed by atoms with van der Waals surface area (Å²) in [6.45, 7) is 2.21. The zero-order valence-electron chi connectivity index (χ0n) is 17.0. The van der Waals surface area contributed by atoms with E-state index in [0.717, 1.165) is 16.0 Å². The van der Waals surface area contributed by atoms with E-state index < -0.39 is 17.7 Å². The predicted octanol–water partition coefficient (Wildman–Crippen LogP) is 5.34. The van der Waals surface area contributed by atoms with Crippen LogP contribution >= 0.6 is 22.9 Å². The molecule has 0 bridgehead atoms. The number of aliphatic hydroxyl groups excluding tert-OH is 1. The molecular formula is C24H20ClNO4S. The molecular weight excluding hydrogens is 434 g/mol. The first kappa shape index (κ1) is 21.2. The van der Waals surface area contributed by atoms with Crippen LogP contribution in [0.2, 0.25) is 5.02 Å². The van der Waals surface area contributed by atoms with E-state index in [1.54, 1.807) is 18.2 Å². The minimum atomic E-state index is -0.737. The van der Waals surface area contributed by atoms with Gasteiger partial charge in [-0.1, -0.05) is 47.5 Å². The number of thiophene rings is 1. The minimum Gasteiger partial charge on any atom is -0.507 e. The number of halogens is 1. The normalized spacial score (nSPS) is 17.9. The molecule has 0 radical (unpaired) electrons. The number of likely N-dealkylation sites (tertiary alicyclic amines) is 1. The molecule has 1 aliphatic heterocycles. The van der Waals surface area contributed by atoms with Crippen molar-refractivity contribution in [3.05, 3.63) is 92.1 Å². The number of benzene rings is 2. The molecule has 1 amide bonds. The number of rotatable bonds is 5. The molecule has 1 saturated heterocycles. The quantitative estimate of drug-likeness (QED) is 0.321. The molecule has 3 aromatic rings. The molecule has 0 spiro atoms. The fourth-order valence-corrected chi connectivity index (χ4v) is 4.67. The molecule has 1 aromatic heterocycles. The molecule has 5 nitrogen and oxygen atoms in total. The van der Waals surface area contributed by atoms with Crippen LogP contribution in [0.3, 0.4) is 0 Å². The largest absolute Gasteiger partial charge is 0.507 e. The number of hydrogen-bond donors (Lipinski definition) is 1. The molecule has 4 rings (SSSR count). The first-order chi connectivity index (χ1) is 14.9. The Labute approximate surface area is 189 Å². The van der Waals surface area contributed by atoms with Gasteiger partial charge in [0.05, 0.1) is 30.3 Å². The van der Waals surface area contributed by atoms with Crippen molar-refractivity contribution in [1.82, 2.24) is 4.90 Å². The summed E-state index contributed by atoms with van der Waals surface area (Å²) in [5.74, 6) is -1.23. The van der Waals surface area contributed by atoms with Crippen LogP contribution in [0.15, 0.2) is 65.6 Å². The molecule has 158 valence electrons. The van der Waals surface area contributed by atoms with Crippen LogP contribution in [-0.4, -0.2) is 28.8 Å². The molecule has 0 saturated carbocycles. The van der Waals surface area contributed by atoms with Gasteiger partial charge in [-0.3, -0.25) is 9.59 Å². The van der Waals surface area contributed by atoms with E-state index in [-0.39, 0.29) is 28.5 Å². The smallest absolute Gasteiger partial charge is 0.295 e. The zero-order chi connectivity index (χ0) is 22.1. The maximum absolute atomic E-state index is 13.1. The summed E-state index contributed by atoms with van der Waals surface area (Å²) >= 11 is 7.83. The van der Waals surface area contributed by atoms with Crippen LogP contribution in [-0.2, 0) is 16.1 Å². The zero-order valence-corrected chi connectivity index (χ0v) is 18.5. The van der Waals surface area contributed by atoms with Gasteiger partial charge in [-0.2, -0.15) is 0 Å². The van der Waals surface area contributed by atoms with Crippen molar-refractivity contribution in [3.8, 4) is 5.75 Å². The van der Waals surface area contributed by atoms with E-state index in [1.807, 2.05) is 48.7 Å². The van der Waals surface area contributed by atoms with Crippen molar-refractivity contribution in [2.24, 2.45) is 0 Å². The molecule has 1 N–H and O–H groups in total. The average molecular weight is 454 g/mol. The molecule has 2 aromatic carbocycles. The van der Waals surface area contributed by atoms with E-state index in [2.05, 4.69) is 0 Å². The summed E-state index contributed by atoms with van der Waals surface area (Å²) in [4.78, 5) is 28.6. The van der Waals surface area contributed by atoms with Gasteiger partial charge in [0.2, 0.25) is 0 Å². The number of amides is 1. The predicted molar refractivity (Wildman–Crippen MR) is 121 cm³/mol. The Morgan fingerprint density at radius 1 is 1.16 bits per heavy atom. The topological polar surface area (TPSA) is 66.8 Å². The Balaban J connectivity index is 1.91. The van der Waals surface area contributed by atoms with E-state index in [4.69, 9.17) is 16.3 Å². The first-order valence-electron chi connectivity index (χ1n) is 9.62. The second kappa shape index (κ2) is 8.57. The first-order valence-corrected chi connectivity index (χ1v) is 10.9. The Kier molecular flexibility index (Phi) is 5.85. The fourth-order valence-electron chi connectivity index (χ4n) is 3.76. The van der Waals surface area contributed by atoms with Gasteiger partial charge in [0, 0.05) is 10.4 Å². The fraction of sp³-hybridized carbons (Fsp3) is 0.167. The lowest BCUT2D eigenvalue weighted by molar-refractivity contribution is -0.140. The van der Waals surface area contributed by atoms with Gasteiger partial charge in [0.1, 0.15) is 11.5 Å². The average Bonchev–Trinajstić information content (AvgIpc) is 3.36. The summed E-state index contributed by atoms with van der Waals surface area (Å²) < 4.78 is 5.24. The lowest BCUT2D eigenvalue weighted by Crippen LogP contribution is -2.28. The van der Waals surface area contributed by atoms with Gasteiger partial charge in [-0.25, -0.2) is 0 Å². The Morgan fingerprint density at radius 3 is 2.65 bits per heavy atom. The Bertz CT molecular complexity index is 1190. The third-order valence-corrected chi connectivity index (χ3v) is 6.42. The van der Waals surface area contributed by atoms with Crippen molar-refractivity contribution in [1.29, 1.82) is 0 Å². The number of nitrogens with zero attached hydrogens (tertiary/aromatic N) is 1. The summed E-state index contributed by atoms with van der Waals surface area (Å²) in [6.07, 6.45) is 0. The standard InChI is InChI=1S/C24H20ClNO4S/c1-14-5-3-6-15(11-14)21-20(22(27)18-12-16(30-2)8-9-19(18)25)23(28)24(29)26(21)13-17-7-4-10-31-17/h3-12,21,27H,13H2,1-2H3/b22-20+. The Hall–Kier alpha value is -3.09. The number of aryl methyl sites for hydroxylation is 1. The lowest BCUT2D eigenvalue weighted by Gasteiger charge is -2.25. The third kappa shape index (κ3) is 3.96. The third-order valence-electron chi connectivity index (χ3n) is 5.23. The van der Waals surface area contributed by atoms with E-state index in [9.17, 15) is 14.7 Å². The number of aliphatic hydroxyl groups is 1. The molecule has 0 aliphatic carbocycles. The second-order valence-corrected chi connectivity index (χ2v) is 8.71. The summed E-state index contributed by atoms with van der Waals surface area (Å²) in [6, 6.07) is 15.4. The SMILES string of the molecule is COc1ccc(Cl)c(/C(O)=C2\C(=O)C(=O)N(Cc3cccs3)C2c2cccc(C)c2)c1. The number of Topliss-reactive ketones (excluding diaryl/α,β-unsaturated/α-hetero) is 1. The second-order valence-electron chi connectivity index (χ2n) is 7.27. The van der Waals surface area contributed by atoms with Crippen LogP contribution in [0.4, 0.5) is 0 Å². The number of carbonyl (C=O) groups excluding carboxylic acids is 2. The van der Waals surface area contributed by atoms with Crippen molar-refractivity contribution in [2.75, 3.05) is 7.11 Å². The highest BCUT2D eigenvalue weighted by atomic mass is 35.5. The lowest BCUT2D eigenvalue weighted by atomic mass is 9.94. The molecule has 1 fully saturated rings. The molecule has 31 heavy (non-hydrogen) atoms. The number of hydrogen-bond acceptors (Lipinski definition) is 5. The van der Waals surface area contributed by atoms with Crippen LogP contribution in [0.1, 0.15) is 27.6 Å². The van der Waals surface area contributed by atoms with Gasteiger partial charge in [0.15, 0.2) is 0 Å². The minimum absolute atomic E-state index is 0.0160. The van der Waals surface area contributed by atoms with Crippen molar-refractivity contribution in [3.63, 3.8) is 0 Å². The van der Waals surface area contributed by atoms with Gasteiger partial charge in [0.25, 0.3) is 11.7 Å². The van der Waals surface area contributed by atoms with Gasteiger partial charge >= 0.3 is 0 Å². The van der Waals surface area contributed by atoms with E-state index in [1.165, 1.54) is 23.3 Å². The van der Waals surface area contributed by atoms with Gasteiger partial charge in [-0.05, 0) is 42.1 Å². The monoisotopic (exact) mass is 453 g/mol. The van der Waals surface area contributed by atoms with Gasteiger partial charge < -0.3 is 14.7 Å². The number of carbonyl (C=O) groups is 2. The van der Waals surface area contributed by atoms with Gasteiger partial charge in [-0.15, -0.1) is 11.3 Å². The van der Waals surface area contributed by atoms with Crippen molar-refractivity contribution in [2.45, 2.75) is 19.5 Å². The maximum atomic E-state index is 13.1. The highest BCUT2D eigenvalue weighted by molar-refractivity contribution is 7.09. The molecule has 7 heteroatoms.